The van der Waals surface area contributed by atoms with Crippen molar-refractivity contribution in [1.29, 1.82) is 0 Å². The molecule has 3 aliphatic heterocycles. The lowest BCUT2D eigenvalue weighted by atomic mass is 9.52. The zero-order valence-electron chi connectivity index (χ0n) is 47.1. The van der Waals surface area contributed by atoms with Gasteiger partial charge in [0.15, 0.2) is 11.7 Å². The van der Waals surface area contributed by atoms with Gasteiger partial charge in [0, 0.05) is 49.2 Å². The summed E-state index contributed by atoms with van der Waals surface area (Å²) in [6.45, 7) is 13.5. The number of guanidine groups is 1. The Morgan fingerprint density at radius 2 is 1.74 bits per heavy atom. The minimum atomic E-state index is -1.37. The number of benzene rings is 3. The number of ether oxygens (including phenoxy) is 1. The predicted molar refractivity (Wildman–Crippen MR) is 314 cm³/mol. The van der Waals surface area contributed by atoms with Crippen molar-refractivity contribution in [1.82, 2.24) is 16.0 Å². The molecular weight excluding hydrogens is 1010 g/mol. The number of nitrogens with two attached hydrogens (primary N) is 3. The number of nitrogens with one attached hydrogen (secondary N) is 3. The Labute approximate surface area is 472 Å². The highest BCUT2D eigenvalue weighted by Gasteiger charge is 2.64. The van der Waals surface area contributed by atoms with Crippen LogP contribution in [0.2, 0.25) is 0 Å². The number of hydrogen-bond acceptors (Lipinski definition) is 12. The fourth-order valence-electron chi connectivity index (χ4n) is 13.7. The van der Waals surface area contributed by atoms with Crippen LogP contribution in [0.5, 0.6) is 5.75 Å². The maximum atomic E-state index is 15.2. The number of likely N-dealkylation sites (N-methyl/N-ethyl adjacent to an activating group) is 1. The Balaban J connectivity index is 1.20. The summed E-state index contributed by atoms with van der Waals surface area (Å²) in [6, 6.07) is 19.2. The van der Waals surface area contributed by atoms with Crippen LogP contribution in [0.3, 0.4) is 0 Å². The maximum Gasteiger partial charge on any atom is 0.243 e. The van der Waals surface area contributed by atoms with E-state index in [2.05, 4.69) is 59.3 Å². The van der Waals surface area contributed by atoms with Crippen LogP contribution < -0.4 is 33.2 Å². The summed E-state index contributed by atoms with van der Waals surface area (Å²) in [7, 11) is 0. The van der Waals surface area contributed by atoms with Crippen LogP contribution in [0, 0.1) is 35.0 Å². The molecule has 15 nitrogen and oxygen atoms in total. The van der Waals surface area contributed by atoms with Crippen LogP contribution in [0.25, 0.3) is 0 Å². The number of amides is 1. The molecule has 5 aliphatic rings. The van der Waals surface area contributed by atoms with Crippen LogP contribution >= 0.6 is 0 Å². The Morgan fingerprint density at radius 1 is 0.988 bits per heavy atom. The molecule has 15 heteroatoms. The third-order valence-corrected chi connectivity index (χ3v) is 18.1. The number of Topliss-reactive ketones (excluding diaryl/α,β-unsaturated/α-hetero) is 1. The molecule has 0 unspecified atom stereocenters. The number of phenolic OH excluding ortho intramolecular Hbond substituents is 1. The smallest absolute Gasteiger partial charge is 0.243 e. The third-order valence-electron chi connectivity index (χ3n) is 18.1. The molecule has 14 N–H and O–H groups in total. The Kier molecular flexibility index (Phi) is 19.9. The van der Waals surface area contributed by atoms with Gasteiger partial charge in [0.05, 0.1) is 30.5 Å². The van der Waals surface area contributed by atoms with E-state index in [0.717, 1.165) is 46.4 Å². The number of allylic oxidation sites excluding steroid dienone is 5. The number of rotatable bonds is 7. The van der Waals surface area contributed by atoms with Crippen molar-refractivity contribution in [2.45, 2.75) is 146 Å². The van der Waals surface area contributed by atoms with Gasteiger partial charge in [-0.15, -0.1) is 0 Å². The molecule has 0 saturated heterocycles. The largest absolute Gasteiger partial charge is 0.508 e. The summed E-state index contributed by atoms with van der Waals surface area (Å²) in [5.74, 6) is 3.85. The molecule has 428 valence electrons. The van der Waals surface area contributed by atoms with Crippen LogP contribution in [-0.4, -0.2) is 106 Å². The van der Waals surface area contributed by atoms with E-state index in [-0.39, 0.29) is 56.3 Å². The highest BCUT2D eigenvalue weighted by Crippen LogP contribution is 2.63. The molecular formula is C65H85N7O8. The maximum absolute atomic E-state index is 15.2. The molecule has 2 saturated carbocycles. The number of phenols is 1. The van der Waals surface area contributed by atoms with E-state index in [4.69, 9.17) is 21.9 Å². The minimum Gasteiger partial charge on any atom is -0.508 e. The van der Waals surface area contributed by atoms with Gasteiger partial charge in [-0.1, -0.05) is 115 Å². The summed E-state index contributed by atoms with van der Waals surface area (Å²) in [4.78, 5) is 33.8. The first-order valence-electron chi connectivity index (χ1n) is 28.6. The quantitative estimate of drug-likeness (QED) is 0.0545. The first-order valence-corrected chi connectivity index (χ1v) is 28.6. The highest BCUT2D eigenvalue weighted by molar-refractivity contribution is 5.98. The lowest BCUT2D eigenvalue weighted by Gasteiger charge is -2.56. The number of β-amino-alcohol motifs (C(OH)–C–C–N with tert-alkyl or cyclic N) is 1. The molecule has 0 radical (unpaired) electrons. The fourth-order valence-corrected chi connectivity index (χ4v) is 13.7. The van der Waals surface area contributed by atoms with Crippen LogP contribution in [0.15, 0.2) is 130 Å². The van der Waals surface area contributed by atoms with E-state index in [1.807, 2.05) is 74.5 Å². The molecule has 3 aromatic carbocycles. The number of hydrogen-bond donors (Lipinski definition) is 11. The molecule has 2 aliphatic carbocycles. The van der Waals surface area contributed by atoms with E-state index in [9.17, 15) is 30.3 Å². The standard InChI is InChI=1S/C65H85N7O8/c1-6-69-55-26-19-39(2)12-7-8-31-80-38-46(17-9-13-40(55)3)50-28-30-65(60(50)77)54-25-24-48(74)33-42-14-10-15-43(32-42)34-52(53(36-71-63(67)68)44-20-22-47(73)23-21-44)57(76)37-70-59-58-45(16-11-18-51(58)61(66)72-62(59)78)35-56(75)41(4)49(54)27-29-64(65,5)79/h9-11,13-23,32,48,50,52-55,57,59-61,69-70,73-74,76-77,79H,3,6,12,24-31,33-38,66H2,1-2,4-5H3,(H,72,78)(H4,67,68,71)/b13-9+,39-19+,46-17-,49-41?/t48-,50+,52+,53+,54+,55-,57+,59+,60+,61+,64+,65+/m0/s1. The number of carbonyl (C=O) groups excluding carboxylic acids is 2. The fraction of sp³-hybridized carbons (Fsp3) is 0.492. The molecule has 2 fully saturated rings. The number of fused-ring (bicyclic) bond motifs is 4. The number of aliphatic hydroxyl groups is 4. The van der Waals surface area contributed by atoms with Crippen molar-refractivity contribution in [3.05, 3.63) is 159 Å². The molecule has 3 heterocycles. The molecule has 0 aromatic heterocycles. The lowest BCUT2D eigenvalue weighted by molar-refractivity contribution is -0.168. The first-order chi connectivity index (χ1) is 38.3. The van der Waals surface area contributed by atoms with Crippen LogP contribution in [-0.2, 0) is 33.6 Å². The van der Waals surface area contributed by atoms with E-state index in [0.29, 0.717) is 80.1 Å². The average molecular weight is 1090 g/mol. The number of aliphatic hydroxyl groups excluding tert-OH is 3. The zero-order chi connectivity index (χ0) is 57.3. The number of ketones is 1. The van der Waals surface area contributed by atoms with Crippen LogP contribution in [0.1, 0.15) is 131 Å². The van der Waals surface area contributed by atoms with Gasteiger partial charge in [-0.25, -0.2) is 0 Å². The van der Waals surface area contributed by atoms with Gasteiger partial charge in [-0.2, -0.15) is 0 Å². The van der Waals surface area contributed by atoms with Crippen molar-refractivity contribution in [3.63, 3.8) is 0 Å². The second kappa shape index (κ2) is 26.6. The number of carbonyl (C=O) groups is 2. The van der Waals surface area contributed by atoms with E-state index >= 15 is 4.79 Å². The SMILES string of the molecule is C=C1/C=C/C=C(\[C@H]2CC[C@@]3([C@@H]4CC[C@H](O)Cc5cccc(c5)C[C@H]([C@H](CN=C(N)N)c5ccc(O)cc5)[C@H](O)CN[C@H]5C(=O)N[C@@H](N)c6cccc(c65)CC(=O)C(C)=C4CC[C@@]3(C)O)[C@@H]2O)COCC#CC/C(C)=C/C[C@@H]1NCC. The predicted octanol–water partition coefficient (Wildman–Crippen LogP) is 6.21. The second-order valence-corrected chi connectivity index (χ2v) is 23.2. The van der Waals surface area contributed by atoms with Crippen LogP contribution in [0.4, 0.5) is 0 Å². The summed E-state index contributed by atoms with van der Waals surface area (Å²) < 4.78 is 6.24. The molecule has 12 atom stereocenters. The van der Waals surface area contributed by atoms with Crippen molar-refractivity contribution < 1.29 is 39.9 Å². The first kappa shape index (κ1) is 59.9. The van der Waals surface area contributed by atoms with Crippen molar-refractivity contribution in [2.24, 2.45) is 45.4 Å². The summed E-state index contributed by atoms with van der Waals surface area (Å²) in [5, 5.41) is 70.9. The molecule has 1 amide bonds. The average Bonchev–Trinajstić information content (AvgIpc) is 3.80. The Bertz CT molecular complexity index is 2950. The summed E-state index contributed by atoms with van der Waals surface area (Å²) in [5.41, 5.74) is 24.7. The normalized spacial score (nSPS) is 32.4. The third kappa shape index (κ3) is 13.6. The van der Waals surface area contributed by atoms with Crippen molar-refractivity contribution in [3.8, 4) is 17.6 Å². The number of aliphatic imine (C=N–C) groups is 1. The van der Waals surface area contributed by atoms with Gasteiger partial charge in [0.2, 0.25) is 5.91 Å². The molecule has 8 rings (SSSR count). The van der Waals surface area contributed by atoms with Gasteiger partial charge < -0.3 is 58.1 Å². The van der Waals surface area contributed by atoms with Gasteiger partial charge >= 0.3 is 0 Å². The van der Waals surface area contributed by atoms with Gasteiger partial charge in [-0.05, 0) is 159 Å². The van der Waals surface area contributed by atoms with Crippen molar-refractivity contribution in [2.75, 3.05) is 32.8 Å². The summed E-state index contributed by atoms with van der Waals surface area (Å²) in [6.07, 6.45) is 8.71. The van der Waals surface area contributed by atoms with Crippen molar-refractivity contribution >= 4 is 17.6 Å². The summed E-state index contributed by atoms with van der Waals surface area (Å²) >= 11 is 0. The molecule has 3 aromatic rings. The molecule has 2 bridgehead atoms. The topological polar surface area (TPSA) is 271 Å². The monoisotopic (exact) mass is 1090 g/mol. The van der Waals surface area contributed by atoms with E-state index in [1.54, 1.807) is 24.3 Å². The Morgan fingerprint density at radius 3 is 2.49 bits per heavy atom. The van der Waals surface area contributed by atoms with Gasteiger partial charge in [0.1, 0.15) is 24.6 Å². The number of nitrogens with zero attached hydrogens (tertiary/aromatic N) is 1. The molecule has 80 heavy (non-hydrogen) atoms. The van der Waals surface area contributed by atoms with E-state index in [1.165, 1.54) is 5.57 Å². The van der Waals surface area contributed by atoms with E-state index < -0.39 is 71.1 Å². The highest BCUT2D eigenvalue weighted by atomic mass is 16.5. The van der Waals surface area contributed by atoms with Gasteiger partial charge in [-0.3, -0.25) is 19.9 Å². The lowest BCUT2D eigenvalue weighted by Crippen LogP contribution is -2.59. The second-order valence-electron chi connectivity index (χ2n) is 23.2. The van der Waals surface area contributed by atoms with Gasteiger partial charge in [0.25, 0.3) is 0 Å². The Hall–Kier alpha value is -6.19. The molecule has 1 spiro atoms. The minimum absolute atomic E-state index is 0.0269. The zero-order valence-corrected chi connectivity index (χ0v) is 47.1. The number of aromatic hydroxyl groups is 1.